The lowest BCUT2D eigenvalue weighted by Crippen LogP contribution is -2.26. The van der Waals surface area contributed by atoms with Crippen molar-refractivity contribution in [2.24, 2.45) is 0 Å². The molecule has 0 radical (unpaired) electrons. The summed E-state index contributed by atoms with van der Waals surface area (Å²) in [6.07, 6.45) is 1.18. The van der Waals surface area contributed by atoms with Gasteiger partial charge in [-0.2, -0.15) is 0 Å². The van der Waals surface area contributed by atoms with Gasteiger partial charge >= 0.3 is 0 Å². The van der Waals surface area contributed by atoms with Crippen molar-refractivity contribution >= 4 is 17.0 Å². The standard InChI is InChI=1S/C18H17FN2O2/c19-14-6-2-1-5-13(14)9-10-17(22)20-12-11-18-21-15-7-3-4-8-16(15)23-18/h1-8H,9-12H2,(H,20,22). The van der Waals surface area contributed by atoms with Crippen molar-refractivity contribution in [3.05, 3.63) is 65.8 Å². The number of halogens is 1. The minimum atomic E-state index is -0.272. The fourth-order valence-electron chi connectivity index (χ4n) is 2.37. The van der Waals surface area contributed by atoms with Gasteiger partial charge in [-0.3, -0.25) is 4.79 Å². The number of rotatable bonds is 6. The second-order valence-corrected chi connectivity index (χ2v) is 5.27. The van der Waals surface area contributed by atoms with Gasteiger partial charge in [-0.15, -0.1) is 0 Å². The van der Waals surface area contributed by atoms with E-state index in [4.69, 9.17) is 4.42 Å². The fraction of sp³-hybridized carbons (Fsp3) is 0.222. The molecule has 0 saturated heterocycles. The summed E-state index contributed by atoms with van der Waals surface area (Å²) >= 11 is 0. The van der Waals surface area contributed by atoms with Gasteiger partial charge in [0, 0.05) is 19.4 Å². The highest BCUT2D eigenvalue weighted by Crippen LogP contribution is 2.14. The van der Waals surface area contributed by atoms with Crippen LogP contribution in [0.2, 0.25) is 0 Å². The van der Waals surface area contributed by atoms with E-state index in [1.807, 2.05) is 24.3 Å². The number of nitrogens with zero attached hydrogens (tertiary/aromatic N) is 1. The summed E-state index contributed by atoms with van der Waals surface area (Å²) in [7, 11) is 0. The molecule has 0 bridgehead atoms. The van der Waals surface area contributed by atoms with Crippen LogP contribution in [0.25, 0.3) is 11.1 Å². The Hall–Kier alpha value is -2.69. The predicted molar refractivity (Wildman–Crippen MR) is 85.4 cm³/mol. The Morgan fingerprint density at radius 3 is 2.70 bits per heavy atom. The number of aryl methyl sites for hydroxylation is 1. The monoisotopic (exact) mass is 312 g/mol. The number of para-hydroxylation sites is 2. The predicted octanol–water partition coefficient (Wildman–Crippen LogP) is 3.26. The van der Waals surface area contributed by atoms with Crippen molar-refractivity contribution < 1.29 is 13.6 Å². The number of amides is 1. The fourth-order valence-corrected chi connectivity index (χ4v) is 2.37. The minimum absolute atomic E-state index is 0.107. The summed E-state index contributed by atoms with van der Waals surface area (Å²) in [6, 6.07) is 14.0. The topological polar surface area (TPSA) is 55.1 Å². The lowest BCUT2D eigenvalue weighted by molar-refractivity contribution is -0.121. The first-order valence-electron chi connectivity index (χ1n) is 7.57. The molecular weight excluding hydrogens is 295 g/mol. The highest BCUT2D eigenvalue weighted by Gasteiger charge is 2.07. The van der Waals surface area contributed by atoms with E-state index >= 15 is 0 Å². The third-order valence-electron chi connectivity index (χ3n) is 3.58. The maximum atomic E-state index is 13.5. The number of carbonyl (C=O) groups excluding carboxylic acids is 1. The van der Waals surface area contributed by atoms with Crippen LogP contribution in [-0.2, 0) is 17.6 Å². The summed E-state index contributed by atoms with van der Waals surface area (Å²) in [4.78, 5) is 16.2. The zero-order chi connectivity index (χ0) is 16.1. The largest absolute Gasteiger partial charge is 0.441 e. The number of carbonyl (C=O) groups is 1. The van der Waals surface area contributed by atoms with Crippen molar-refractivity contribution in [2.45, 2.75) is 19.3 Å². The van der Waals surface area contributed by atoms with E-state index in [1.54, 1.807) is 18.2 Å². The molecule has 0 aliphatic carbocycles. The van der Waals surface area contributed by atoms with E-state index in [1.165, 1.54) is 6.07 Å². The van der Waals surface area contributed by atoms with Gasteiger partial charge in [-0.1, -0.05) is 30.3 Å². The van der Waals surface area contributed by atoms with Crippen molar-refractivity contribution in [1.82, 2.24) is 10.3 Å². The number of hydrogen-bond donors (Lipinski definition) is 1. The molecule has 0 atom stereocenters. The molecule has 0 aliphatic rings. The minimum Gasteiger partial charge on any atom is -0.441 e. The number of benzene rings is 2. The van der Waals surface area contributed by atoms with E-state index in [2.05, 4.69) is 10.3 Å². The van der Waals surface area contributed by atoms with Gasteiger partial charge < -0.3 is 9.73 Å². The van der Waals surface area contributed by atoms with E-state index in [-0.39, 0.29) is 18.1 Å². The summed E-state index contributed by atoms with van der Waals surface area (Å²) in [5.41, 5.74) is 2.11. The lowest BCUT2D eigenvalue weighted by atomic mass is 10.1. The Bertz CT molecular complexity index is 780. The lowest BCUT2D eigenvalue weighted by Gasteiger charge is -2.04. The molecule has 1 heterocycles. The van der Waals surface area contributed by atoms with Crippen LogP contribution in [0, 0.1) is 5.82 Å². The van der Waals surface area contributed by atoms with Crippen LogP contribution in [0.3, 0.4) is 0 Å². The van der Waals surface area contributed by atoms with Crippen LogP contribution in [0.1, 0.15) is 17.9 Å². The highest BCUT2D eigenvalue weighted by molar-refractivity contribution is 5.76. The second kappa shape index (κ2) is 7.05. The van der Waals surface area contributed by atoms with Gasteiger partial charge in [0.1, 0.15) is 11.3 Å². The molecule has 0 spiro atoms. The summed E-state index contributed by atoms with van der Waals surface area (Å²) in [6.45, 7) is 0.447. The molecule has 23 heavy (non-hydrogen) atoms. The number of nitrogens with one attached hydrogen (secondary N) is 1. The van der Waals surface area contributed by atoms with Crippen LogP contribution in [0.5, 0.6) is 0 Å². The van der Waals surface area contributed by atoms with Crippen LogP contribution < -0.4 is 5.32 Å². The molecule has 1 N–H and O–H groups in total. The van der Waals surface area contributed by atoms with Crippen molar-refractivity contribution in [1.29, 1.82) is 0 Å². The Morgan fingerprint density at radius 1 is 1.09 bits per heavy atom. The molecule has 1 aromatic heterocycles. The maximum Gasteiger partial charge on any atom is 0.220 e. The van der Waals surface area contributed by atoms with Gasteiger partial charge in [-0.05, 0) is 30.2 Å². The Kier molecular flexibility index (Phi) is 4.66. The maximum absolute atomic E-state index is 13.5. The molecule has 5 heteroatoms. The van der Waals surface area contributed by atoms with E-state index in [0.717, 1.165) is 11.1 Å². The summed E-state index contributed by atoms with van der Waals surface area (Å²) in [5.74, 6) is 0.219. The first kappa shape index (κ1) is 15.2. The van der Waals surface area contributed by atoms with Gasteiger partial charge in [0.15, 0.2) is 11.5 Å². The molecule has 0 aliphatic heterocycles. The highest BCUT2D eigenvalue weighted by atomic mass is 19.1. The summed E-state index contributed by atoms with van der Waals surface area (Å²) in [5, 5.41) is 2.80. The Balaban J connectivity index is 1.45. The van der Waals surface area contributed by atoms with E-state index in [0.29, 0.717) is 30.8 Å². The molecule has 1 amide bonds. The first-order chi connectivity index (χ1) is 11.2. The normalized spacial score (nSPS) is 10.8. The van der Waals surface area contributed by atoms with Crippen molar-refractivity contribution in [3.63, 3.8) is 0 Å². The second-order valence-electron chi connectivity index (χ2n) is 5.27. The smallest absolute Gasteiger partial charge is 0.220 e. The number of aromatic nitrogens is 1. The third-order valence-corrected chi connectivity index (χ3v) is 3.58. The molecule has 4 nitrogen and oxygen atoms in total. The molecule has 3 rings (SSSR count). The van der Waals surface area contributed by atoms with E-state index in [9.17, 15) is 9.18 Å². The van der Waals surface area contributed by atoms with Crippen molar-refractivity contribution in [3.8, 4) is 0 Å². The molecule has 118 valence electrons. The molecule has 0 unspecified atom stereocenters. The van der Waals surface area contributed by atoms with Gasteiger partial charge in [0.2, 0.25) is 5.91 Å². The van der Waals surface area contributed by atoms with Gasteiger partial charge in [0.25, 0.3) is 0 Å². The molecular formula is C18H17FN2O2. The van der Waals surface area contributed by atoms with Crippen LogP contribution in [0.4, 0.5) is 4.39 Å². The molecule has 3 aromatic rings. The van der Waals surface area contributed by atoms with Crippen LogP contribution in [-0.4, -0.2) is 17.4 Å². The Labute approximate surface area is 133 Å². The summed E-state index contributed by atoms with van der Waals surface area (Å²) < 4.78 is 19.0. The van der Waals surface area contributed by atoms with Gasteiger partial charge in [0.05, 0.1) is 0 Å². The van der Waals surface area contributed by atoms with Crippen LogP contribution in [0.15, 0.2) is 52.9 Å². The van der Waals surface area contributed by atoms with Gasteiger partial charge in [-0.25, -0.2) is 9.37 Å². The van der Waals surface area contributed by atoms with Crippen molar-refractivity contribution in [2.75, 3.05) is 6.54 Å². The number of hydrogen-bond acceptors (Lipinski definition) is 3. The molecule has 0 fully saturated rings. The third kappa shape index (κ3) is 3.94. The zero-order valence-corrected chi connectivity index (χ0v) is 12.6. The zero-order valence-electron chi connectivity index (χ0n) is 12.6. The average Bonchev–Trinajstić information content (AvgIpc) is 2.97. The molecule has 0 saturated carbocycles. The van der Waals surface area contributed by atoms with Crippen LogP contribution >= 0.6 is 0 Å². The average molecular weight is 312 g/mol. The number of fused-ring (bicyclic) bond motifs is 1. The number of oxazole rings is 1. The Morgan fingerprint density at radius 2 is 1.87 bits per heavy atom. The quantitative estimate of drug-likeness (QED) is 0.760. The first-order valence-corrected chi connectivity index (χ1v) is 7.57. The van der Waals surface area contributed by atoms with E-state index < -0.39 is 0 Å². The SMILES string of the molecule is O=C(CCc1ccccc1F)NCCc1nc2ccccc2o1. The molecule has 2 aromatic carbocycles.